The third-order valence-electron chi connectivity index (χ3n) is 2.77. The Hall–Kier alpha value is -1.72. The zero-order valence-corrected chi connectivity index (χ0v) is 10.2. The second kappa shape index (κ2) is 5.56. The first-order valence-corrected chi connectivity index (χ1v) is 6.02. The van der Waals surface area contributed by atoms with Crippen LogP contribution in [-0.2, 0) is 0 Å². The van der Waals surface area contributed by atoms with Crippen molar-refractivity contribution in [2.24, 2.45) is 0 Å². The molecule has 2 heteroatoms. The third kappa shape index (κ3) is 2.69. The van der Waals surface area contributed by atoms with Gasteiger partial charge in [-0.1, -0.05) is 60.7 Å². The molecule has 84 valence electrons. The Kier molecular flexibility index (Phi) is 3.85. The van der Waals surface area contributed by atoms with Gasteiger partial charge in [0.1, 0.15) is 0 Å². The maximum Gasteiger partial charge on any atom is 0.0996 e. The van der Waals surface area contributed by atoms with Crippen LogP contribution in [0.1, 0.15) is 17.0 Å². The highest BCUT2D eigenvalue weighted by Gasteiger charge is 2.21. The molecule has 0 aliphatic carbocycles. The number of hydrogen-bond donors (Lipinski definition) is 1. The molecule has 0 spiro atoms. The summed E-state index contributed by atoms with van der Waals surface area (Å²) in [5.41, 5.74) is 2.25. The summed E-state index contributed by atoms with van der Waals surface area (Å²) in [6, 6.07) is 22.3. The molecule has 1 atom stereocenters. The fourth-order valence-corrected chi connectivity index (χ4v) is 2.30. The van der Waals surface area contributed by atoms with Crippen molar-refractivity contribution >= 4 is 12.6 Å². The SMILES string of the molecule is N#CC(S)C(c1ccccc1)c1ccccc1. The quantitative estimate of drug-likeness (QED) is 0.812. The summed E-state index contributed by atoms with van der Waals surface area (Å²) in [4.78, 5) is 0. The van der Waals surface area contributed by atoms with E-state index < -0.39 is 0 Å². The summed E-state index contributed by atoms with van der Waals surface area (Å²) in [5, 5.41) is 8.77. The van der Waals surface area contributed by atoms with E-state index in [9.17, 15) is 0 Å². The van der Waals surface area contributed by atoms with E-state index >= 15 is 0 Å². The Bertz CT molecular complexity index is 462. The molecule has 0 N–H and O–H groups in total. The van der Waals surface area contributed by atoms with Gasteiger partial charge in [-0.05, 0) is 11.1 Å². The van der Waals surface area contributed by atoms with Gasteiger partial charge in [-0.25, -0.2) is 0 Å². The largest absolute Gasteiger partial charge is 0.197 e. The number of thiol groups is 1. The van der Waals surface area contributed by atoms with Crippen LogP contribution >= 0.6 is 12.6 Å². The number of nitriles is 1. The average Bonchev–Trinajstić information content (AvgIpc) is 2.41. The van der Waals surface area contributed by atoms with Crippen molar-refractivity contribution < 1.29 is 0 Å². The summed E-state index contributed by atoms with van der Waals surface area (Å²) < 4.78 is 0. The van der Waals surface area contributed by atoms with Gasteiger partial charge in [0, 0.05) is 5.92 Å². The summed E-state index contributed by atoms with van der Waals surface area (Å²) in [5.74, 6) is 0.0192. The molecule has 1 nitrogen and oxygen atoms in total. The first-order chi connectivity index (χ1) is 8.33. The lowest BCUT2D eigenvalue weighted by molar-refractivity contribution is 0.858. The predicted molar refractivity (Wildman–Crippen MR) is 73.1 cm³/mol. The van der Waals surface area contributed by atoms with Crippen molar-refractivity contribution in [1.82, 2.24) is 0 Å². The molecule has 2 rings (SSSR count). The first kappa shape index (κ1) is 11.8. The highest BCUT2D eigenvalue weighted by molar-refractivity contribution is 7.81. The van der Waals surface area contributed by atoms with Crippen LogP contribution in [0.15, 0.2) is 60.7 Å². The van der Waals surface area contributed by atoms with E-state index in [0.717, 1.165) is 11.1 Å². The van der Waals surface area contributed by atoms with E-state index in [4.69, 9.17) is 5.26 Å². The van der Waals surface area contributed by atoms with E-state index in [1.807, 2.05) is 60.7 Å². The molecule has 0 bridgehead atoms. The van der Waals surface area contributed by atoms with Crippen LogP contribution in [0.2, 0.25) is 0 Å². The lowest BCUT2D eigenvalue weighted by atomic mass is 9.89. The van der Waals surface area contributed by atoms with Gasteiger partial charge in [0.25, 0.3) is 0 Å². The van der Waals surface area contributed by atoms with E-state index in [2.05, 4.69) is 18.7 Å². The lowest BCUT2D eigenvalue weighted by Crippen LogP contribution is -2.12. The Balaban J connectivity index is 2.44. The van der Waals surface area contributed by atoms with Crippen LogP contribution in [0.4, 0.5) is 0 Å². The lowest BCUT2D eigenvalue weighted by Gasteiger charge is -2.19. The second-order valence-electron chi connectivity index (χ2n) is 3.87. The Labute approximate surface area is 107 Å². The first-order valence-electron chi connectivity index (χ1n) is 5.50. The third-order valence-corrected chi connectivity index (χ3v) is 3.18. The Morgan fingerprint density at radius 1 is 0.824 bits per heavy atom. The summed E-state index contributed by atoms with van der Waals surface area (Å²) in [6.45, 7) is 0. The monoisotopic (exact) mass is 239 g/mol. The van der Waals surface area contributed by atoms with Gasteiger partial charge in [-0.2, -0.15) is 17.9 Å². The van der Waals surface area contributed by atoms with Gasteiger partial charge in [0.2, 0.25) is 0 Å². The molecule has 2 aromatic rings. The smallest absolute Gasteiger partial charge is 0.0996 e. The van der Waals surface area contributed by atoms with Gasteiger partial charge >= 0.3 is 0 Å². The van der Waals surface area contributed by atoms with Crippen molar-refractivity contribution in [3.05, 3.63) is 71.8 Å². The zero-order chi connectivity index (χ0) is 12.1. The fourth-order valence-electron chi connectivity index (χ4n) is 1.95. The predicted octanol–water partition coefficient (Wildman–Crippen LogP) is 3.64. The number of rotatable bonds is 3. The van der Waals surface area contributed by atoms with Crippen LogP contribution in [0, 0.1) is 11.3 Å². The molecule has 17 heavy (non-hydrogen) atoms. The van der Waals surface area contributed by atoms with Crippen LogP contribution < -0.4 is 0 Å². The molecule has 0 aliphatic heterocycles. The zero-order valence-electron chi connectivity index (χ0n) is 9.32. The minimum absolute atomic E-state index is 0.0192. The molecule has 0 saturated heterocycles. The molecule has 2 aromatic carbocycles. The summed E-state index contributed by atoms with van der Waals surface area (Å²) in [7, 11) is 0. The Morgan fingerprint density at radius 3 is 1.59 bits per heavy atom. The topological polar surface area (TPSA) is 23.8 Å². The highest BCUT2D eigenvalue weighted by Crippen LogP contribution is 2.30. The van der Waals surface area contributed by atoms with Gasteiger partial charge in [-0.15, -0.1) is 0 Å². The van der Waals surface area contributed by atoms with Crippen molar-refractivity contribution in [2.75, 3.05) is 0 Å². The van der Waals surface area contributed by atoms with Crippen LogP contribution in [0.3, 0.4) is 0 Å². The number of hydrogen-bond acceptors (Lipinski definition) is 2. The van der Waals surface area contributed by atoms with E-state index in [-0.39, 0.29) is 11.2 Å². The van der Waals surface area contributed by atoms with Crippen LogP contribution in [-0.4, -0.2) is 5.25 Å². The van der Waals surface area contributed by atoms with Gasteiger partial charge in [0.05, 0.1) is 11.3 Å². The van der Waals surface area contributed by atoms with Crippen LogP contribution in [0.5, 0.6) is 0 Å². The van der Waals surface area contributed by atoms with Crippen molar-refractivity contribution in [2.45, 2.75) is 11.2 Å². The molecule has 0 aromatic heterocycles. The molecule has 0 aliphatic rings. The van der Waals surface area contributed by atoms with Crippen molar-refractivity contribution in [3.8, 4) is 6.07 Å². The highest BCUT2D eigenvalue weighted by atomic mass is 32.1. The Morgan fingerprint density at radius 2 is 1.24 bits per heavy atom. The van der Waals surface area contributed by atoms with Crippen molar-refractivity contribution in [1.29, 1.82) is 5.26 Å². The minimum Gasteiger partial charge on any atom is -0.197 e. The second-order valence-corrected chi connectivity index (χ2v) is 4.43. The maximum atomic E-state index is 9.10. The molecule has 0 amide bonds. The molecule has 0 heterocycles. The van der Waals surface area contributed by atoms with E-state index in [1.165, 1.54) is 0 Å². The number of benzene rings is 2. The van der Waals surface area contributed by atoms with Crippen molar-refractivity contribution in [3.63, 3.8) is 0 Å². The number of nitrogens with zero attached hydrogens (tertiary/aromatic N) is 1. The van der Waals surface area contributed by atoms with Crippen LogP contribution in [0.25, 0.3) is 0 Å². The van der Waals surface area contributed by atoms with Gasteiger partial charge in [0.15, 0.2) is 0 Å². The average molecular weight is 239 g/mol. The molecule has 0 radical (unpaired) electrons. The maximum absolute atomic E-state index is 9.10. The summed E-state index contributed by atoms with van der Waals surface area (Å²) >= 11 is 4.39. The normalized spacial score (nSPS) is 12.1. The molecular weight excluding hydrogens is 226 g/mol. The van der Waals surface area contributed by atoms with Gasteiger partial charge in [-0.3, -0.25) is 0 Å². The van der Waals surface area contributed by atoms with E-state index in [0.29, 0.717) is 0 Å². The molecule has 0 fully saturated rings. The minimum atomic E-state index is -0.334. The van der Waals surface area contributed by atoms with E-state index in [1.54, 1.807) is 0 Å². The molecule has 0 saturated carbocycles. The summed E-state index contributed by atoms with van der Waals surface area (Å²) in [6.07, 6.45) is 0. The van der Waals surface area contributed by atoms with Gasteiger partial charge < -0.3 is 0 Å². The molecule has 1 unspecified atom stereocenters. The standard InChI is InChI=1S/C15H13NS/c16-11-14(17)15(12-7-3-1-4-8-12)13-9-5-2-6-10-13/h1-10,14-15,17H. The molecular formula is C15H13NS. The fraction of sp³-hybridized carbons (Fsp3) is 0.133.